The zero-order valence-electron chi connectivity index (χ0n) is 7.71. The number of carboxylic acids is 1. The highest BCUT2D eigenvalue weighted by Crippen LogP contribution is 2.26. The molecule has 0 aliphatic rings. The molecule has 0 heterocycles. The first kappa shape index (κ1) is 12.3. The summed E-state index contributed by atoms with van der Waals surface area (Å²) in [5, 5.41) is 12.2. The third kappa shape index (κ3) is 3.37. The minimum Gasteiger partial charge on any atom is -0.480 e. The molecular formula is C9H10BrClN2O2. The second-order valence-electron chi connectivity index (χ2n) is 2.90. The topological polar surface area (TPSA) is 75.3 Å². The van der Waals surface area contributed by atoms with E-state index in [9.17, 15) is 4.79 Å². The lowest BCUT2D eigenvalue weighted by Crippen LogP contribution is -2.36. The molecule has 0 bridgehead atoms. The Balaban J connectivity index is 2.84. The van der Waals surface area contributed by atoms with Crippen molar-refractivity contribution < 1.29 is 9.90 Å². The van der Waals surface area contributed by atoms with Crippen LogP contribution in [0.5, 0.6) is 0 Å². The molecule has 1 aromatic rings. The summed E-state index contributed by atoms with van der Waals surface area (Å²) in [6.45, 7) is 0.0183. The van der Waals surface area contributed by atoms with Crippen LogP contribution < -0.4 is 11.1 Å². The van der Waals surface area contributed by atoms with Gasteiger partial charge in [0.1, 0.15) is 6.04 Å². The summed E-state index contributed by atoms with van der Waals surface area (Å²) in [6, 6.07) is 4.24. The van der Waals surface area contributed by atoms with E-state index in [1.54, 1.807) is 18.2 Å². The van der Waals surface area contributed by atoms with E-state index in [1.807, 2.05) is 0 Å². The predicted octanol–water partition coefficient (Wildman–Crippen LogP) is 1.93. The van der Waals surface area contributed by atoms with Crippen molar-refractivity contribution in [2.75, 3.05) is 11.9 Å². The number of rotatable bonds is 4. The minimum atomic E-state index is -0.987. The minimum absolute atomic E-state index is 0.0183. The summed E-state index contributed by atoms with van der Waals surface area (Å²) in [5.41, 5.74) is 5.97. The number of carbonyl (C=O) groups is 1. The molecule has 15 heavy (non-hydrogen) atoms. The van der Waals surface area contributed by atoms with Crippen molar-refractivity contribution >= 4 is 39.2 Å². The predicted molar refractivity (Wildman–Crippen MR) is 63.3 cm³/mol. The van der Waals surface area contributed by atoms with Crippen molar-refractivity contribution in [3.05, 3.63) is 27.7 Å². The van der Waals surface area contributed by atoms with Gasteiger partial charge in [-0.2, -0.15) is 0 Å². The van der Waals surface area contributed by atoms with Gasteiger partial charge in [-0.05, 0) is 34.1 Å². The van der Waals surface area contributed by atoms with E-state index >= 15 is 0 Å². The largest absolute Gasteiger partial charge is 0.480 e. The second kappa shape index (κ2) is 5.34. The molecule has 0 spiro atoms. The average molecular weight is 294 g/mol. The average Bonchev–Trinajstić information content (AvgIpc) is 2.16. The number of hydrogen-bond acceptors (Lipinski definition) is 3. The van der Waals surface area contributed by atoms with Gasteiger partial charge in [0.05, 0.1) is 0 Å². The number of aliphatic carboxylic acids is 1. The first-order valence-corrected chi connectivity index (χ1v) is 5.36. The van der Waals surface area contributed by atoms with E-state index in [-0.39, 0.29) is 6.54 Å². The van der Waals surface area contributed by atoms with Crippen molar-refractivity contribution in [2.45, 2.75) is 6.04 Å². The van der Waals surface area contributed by atoms with Gasteiger partial charge in [-0.3, -0.25) is 0 Å². The van der Waals surface area contributed by atoms with E-state index in [4.69, 9.17) is 22.4 Å². The maximum atomic E-state index is 10.7. The highest BCUT2D eigenvalue weighted by Gasteiger charge is 2.15. The second-order valence-corrected chi connectivity index (χ2v) is 4.19. The first-order chi connectivity index (χ1) is 7.04. The quantitative estimate of drug-likeness (QED) is 0.793. The Labute approximate surface area is 101 Å². The Morgan fingerprint density at radius 2 is 2.33 bits per heavy atom. The Hall–Kier alpha value is -0.780. The molecule has 1 rings (SSSR count). The SMILES string of the molecule is NCC(Nc1ccc(Cl)cc1Br)C(=O)O. The van der Waals surface area contributed by atoms with Gasteiger partial charge in [0.15, 0.2) is 0 Å². The third-order valence-electron chi connectivity index (χ3n) is 1.79. The highest BCUT2D eigenvalue weighted by atomic mass is 79.9. The molecule has 0 amide bonds. The van der Waals surface area contributed by atoms with Crippen LogP contribution in [0, 0.1) is 0 Å². The van der Waals surface area contributed by atoms with Crippen LogP contribution >= 0.6 is 27.5 Å². The van der Waals surface area contributed by atoms with E-state index in [0.717, 1.165) is 0 Å². The molecule has 0 radical (unpaired) electrons. The maximum Gasteiger partial charge on any atom is 0.327 e. The number of halogens is 2. The van der Waals surface area contributed by atoms with Gasteiger partial charge in [-0.1, -0.05) is 11.6 Å². The van der Waals surface area contributed by atoms with Gasteiger partial charge >= 0.3 is 5.97 Å². The summed E-state index contributed by atoms with van der Waals surface area (Å²) in [7, 11) is 0. The monoisotopic (exact) mass is 292 g/mol. The zero-order valence-corrected chi connectivity index (χ0v) is 10.0. The van der Waals surface area contributed by atoms with Crippen molar-refractivity contribution in [1.29, 1.82) is 0 Å². The smallest absolute Gasteiger partial charge is 0.327 e. The fourth-order valence-corrected chi connectivity index (χ4v) is 1.81. The lowest BCUT2D eigenvalue weighted by atomic mass is 10.2. The van der Waals surface area contributed by atoms with Crippen LogP contribution in [0.4, 0.5) is 5.69 Å². The Morgan fingerprint density at radius 1 is 1.67 bits per heavy atom. The molecule has 4 N–H and O–H groups in total. The number of carboxylic acid groups (broad SMARTS) is 1. The maximum absolute atomic E-state index is 10.7. The highest BCUT2D eigenvalue weighted by molar-refractivity contribution is 9.10. The van der Waals surface area contributed by atoms with Crippen LogP contribution in [0.15, 0.2) is 22.7 Å². The van der Waals surface area contributed by atoms with Crippen molar-refractivity contribution in [2.24, 2.45) is 5.73 Å². The number of anilines is 1. The van der Waals surface area contributed by atoms with Crippen molar-refractivity contribution in [3.8, 4) is 0 Å². The Kier molecular flexibility index (Phi) is 4.38. The van der Waals surface area contributed by atoms with Gasteiger partial charge in [0.2, 0.25) is 0 Å². The summed E-state index contributed by atoms with van der Waals surface area (Å²) in [5.74, 6) is -0.987. The number of hydrogen-bond donors (Lipinski definition) is 3. The molecule has 0 aliphatic carbocycles. The molecule has 4 nitrogen and oxygen atoms in total. The number of benzene rings is 1. The van der Waals surface area contributed by atoms with Gasteiger partial charge in [0.25, 0.3) is 0 Å². The molecule has 0 fully saturated rings. The van der Waals surface area contributed by atoms with Gasteiger partial charge < -0.3 is 16.2 Å². The Morgan fingerprint density at radius 3 is 2.80 bits per heavy atom. The molecule has 1 atom stereocenters. The van der Waals surface area contributed by atoms with Gasteiger partial charge in [-0.15, -0.1) is 0 Å². The molecule has 1 aromatic carbocycles. The molecule has 6 heteroatoms. The molecular weight excluding hydrogens is 283 g/mol. The lowest BCUT2D eigenvalue weighted by Gasteiger charge is -2.14. The summed E-state index contributed by atoms with van der Waals surface area (Å²) >= 11 is 9.02. The van der Waals surface area contributed by atoms with E-state index in [1.165, 1.54) is 0 Å². The molecule has 0 aliphatic heterocycles. The molecule has 0 saturated heterocycles. The van der Waals surface area contributed by atoms with Crippen molar-refractivity contribution in [3.63, 3.8) is 0 Å². The third-order valence-corrected chi connectivity index (χ3v) is 2.69. The number of nitrogens with one attached hydrogen (secondary N) is 1. The Bertz CT molecular complexity index is 373. The van der Waals surface area contributed by atoms with Gasteiger partial charge in [0, 0.05) is 21.7 Å². The van der Waals surface area contributed by atoms with Gasteiger partial charge in [-0.25, -0.2) is 4.79 Å². The normalized spacial score (nSPS) is 12.2. The van der Waals surface area contributed by atoms with Crippen LogP contribution in [0.3, 0.4) is 0 Å². The van der Waals surface area contributed by atoms with Crippen LogP contribution in [0.2, 0.25) is 5.02 Å². The molecule has 0 saturated carbocycles. The number of nitrogens with two attached hydrogens (primary N) is 1. The van der Waals surface area contributed by atoms with Crippen LogP contribution in [0.25, 0.3) is 0 Å². The lowest BCUT2D eigenvalue weighted by molar-refractivity contribution is -0.137. The standard InChI is InChI=1S/C9H10BrClN2O2/c10-6-3-5(11)1-2-7(6)13-8(4-12)9(14)15/h1-3,8,13H,4,12H2,(H,14,15). The molecule has 82 valence electrons. The van der Waals surface area contributed by atoms with Crippen LogP contribution in [0.1, 0.15) is 0 Å². The first-order valence-electron chi connectivity index (χ1n) is 4.19. The molecule has 1 unspecified atom stereocenters. The van der Waals surface area contributed by atoms with E-state index in [2.05, 4.69) is 21.2 Å². The fourth-order valence-electron chi connectivity index (χ4n) is 1.02. The summed E-state index contributed by atoms with van der Waals surface area (Å²) < 4.78 is 0.703. The molecule has 0 aromatic heterocycles. The van der Waals surface area contributed by atoms with E-state index < -0.39 is 12.0 Å². The van der Waals surface area contributed by atoms with Crippen LogP contribution in [-0.4, -0.2) is 23.7 Å². The fraction of sp³-hybridized carbons (Fsp3) is 0.222. The van der Waals surface area contributed by atoms with E-state index in [0.29, 0.717) is 15.2 Å². The summed E-state index contributed by atoms with van der Waals surface area (Å²) in [6.07, 6.45) is 0. The summed E-state index contributed by atoms with van der Waals surface area (Å²) in [4.78, 5) is 10.7. The zero-order chi connectivity index (χ0) is 11.4. The van der Waals surface area contributed by atoms with Crippen LogP contribution in [-0.2, 0) is 4.79 Å². The van der Waals surface area contributed by atoms with Crippen molar-refractivity contribution in [1.82, 2.24) is 0 Å².